The summed E-state index contributed by atoms with van der Waals surface area (Å²) in [5, 5.41) is 8.81. The predicted molar refractivity (Wildman–Crippen MR) is 53.4 cm³/mol. The Morgan fingerprint density at radius 1 is 1.53 bits per heavy atom. The third kappa shape index (κ3) is 3.23. The van der Waals surface area contributed by atoms with Crippen LogP contribution in [-0.4, -0.2) is 17.2 Å². The normalized spacial score (nSPS) is 12.1. The number of ether oxygens (including phenoxy) is 1. The Hall–Kier alpha value is -1.58. The first-order valence-electron chi connectivity index (χ1n) is 4.79. The molecule has 82 valence electrons. The molecule has 1 rings (SSSR count). The molecule has 4 heteroatoms. The van der Waals surface area contributed by atoms with Crippen LogP contribution in [0.2, 0.25) is 0 Å². The second-order valence-electron chi connectivity index (χ2n) is 3.16. The fraction of sp³-hybridized carbons (Fsp3) is 0.364. The zero-order valence-corrected chi connectivity index (χ0v) is 8.44. The summed E-state index contributed by atoms with van der Waals surface area (Å²) in [5.41, 5.74) is 0. The van der Waals surface area contributed by atoms with E-state index in [0.717, 1.165) is 0 Å². The lowest BCUT2D eigenvalue weighted by Gasteiger charge is -2.14. The number of para-hydroxylation sites is 1. The highest BCUT2D eigenvalue weighted by Crippen LogP contribution is 2.18. The van der Waals surface area contributed by atoms with E-state index in [2.05, 4.69) is 0 Å². The number of carboxylic acid groups (broad SMARTS) is 1. The van der Waals surface area contributed by atoms with E-state index in [4.69, 9.17) is 9.84 Å². The third-order valence-electron chi connectivity index (χ3n) is 1.93. The first kappa shape index (κ1) is 11.5. The molecule has 3 nitrogen and oxygen atoms in total. The van der Waals surface area contributed by atoms with Gasteiger partial charge in [0.15, 0.2) is 17.7 Å². The Balaban J connectivity index is 2.74. The van der Waals surface area contributed by atoms with Crippen LogP contribution in [0.4, 0.5) is 4.39 Å². The summed E-state index contributed by atoms with van der Waals surface area (Å²) in [6, 6.07) is 5.78. The van der Waals surface area contributed by atoms with E-state index in [0.29, 0.717) is 12.8 Å². The van der Waals surface area contributed by atoms with E-state index in [1.165, 1.54) is 18.2 Å². The van der Waals surface area contributed by atoms with Crippen LogP contribution in [0, 0.1) is 5.82 Å². The maximum Gasteiger partial charge on any atom is 0.344 e. The van der Waals surface area contributed by atoms with Gasteiger partial charge in [-0.1, -0.05) is 25.5 Å². The molecule has 0 aromatic heterocycles. The SMILES string of the molecule is CCCC(Oc1ccccc1F)C(=O)O. The van der Waals surface area contributed by atoms with Crippen molar-refractivity contribution in [3.8, 4) is 5.75 Å². The number of benzene rings is 1. The molecule has 0 saturated heterocycles. The van der Waals surface area contributed by atoms with Crippen LogP contribution in [-0.2, 0) is 4.79 Å². The van der Waals surface area contributed by atoms with Crippen LogP contribution in [0.15, 0.2) is 24.3 Å². The minimum atomic E-state index is -1.07. The van der Waals surface area contributed by atoms with Gasteiger partial charge in [-0.15, -0.1) is 0 Å². The van der Waals surface area contributed by atoms with Crippen molar-refractivity contribution in [1.29, 1.82) is 0 Å². The van der Waals surface area contributed by atoms with Crippen molar-refractivity contribution >= 4 is 5.97 Å². The highest BCUT2D eigenvalue weighted by atomic mass is 19.1. The van der Waals surface area contributed by atoms with Crippen molar-refractivity contribution in [1.82, 2.24) is 0 Å². The van der Waals surface area contributed by atoms with Gasteiger partial charge < -0.3 is 9.84 Å². The van der Waals surface area contributed by atoms with Gasteiger partial charge in [0.25, 0.3) is 0 Å². The van der Waals surface area contributed by atoms with Gasteiger partial charge in [0, 0.05) is 0 Å². The van der Waals surface area contributed by atoms with E-state index in [1.807, 2.05) is 6.92 Å². The van der Waals surface area contributed by atoms with Gasteiger partial charge >= 0.3 is 5.97 Å². The van der Waals surface area contributed by atoms with Crippen LogP contribution in [0.25, 0.3) is 0 Å². The number of rotatable bonds is 5. The van der Waals surface area contributed by atoms with Crippen molar-refractivity contribution in [3.63, 3.8) is 0 Å². The lowest BCUT2D eigenvalue weighted by molar-refractivity contribution is -0.145. The average Bonchev–Trinajstić information content (AvgIpc) is 2.20. The van der Waals surface area contributed by atoms with Gasteiger partial charge in [-0.3, -0.25) is 0 Å². The molecule has 0 aliphatic heterocycles. The smallest absolute Gasteiger partial charge is 0.344 e. The van der Waals surface area contributed by atoms with E-state index < -0.39 is 17.9 Å². The van der Waals surface area contributed by atoms with Crippen LogP contribution in [0.1, 0.15) is 19.8 Å². The van der Waals surface area contributed by atoms with Crippen LogP contribution in [0.5, 0.6) is 5.75 Å². The fourth-order valence-electron chi connectivity index (χ4n) is 1.19. The molecular weight excluding hydrogens is 199 g/mol. The highest BCUT2D eigenvalue weighted by Gasteiger charge is 2.19. The minimum absolute atomic E-state index is 0.0154. The van der Waals surface area contributed by atoms with Crippen molar-refractivity contribution < 1.29 is 19.0 Å². The number of carbonyl (C=O) groups is 1. The molecule has 15 heavy (non-hydrogen) atoms. The Kier molecular flexibility index (Phi) is 4.09. The van der Waals surface area contributed by atoms with Crippen molar-refractivity contribution in [2.24, 2.45) is 0 Å². The zero-order chi connectivity index (χ0) is 11.3. The van der Waals surface area contributed by atoms with Gasteiger partial charge in [0.1, 0.15) is 0 Å². The summed E-state index contributed by atoms with van der Waals surface area (Å²) in [4.78, 5) is 10.8. The molecular formula is C11H13FO3. The predicted octanol–water partition coefficient (Wildman–Crippen LogP) is 2.46. The molecule has 0 amide bonds. The van der Waals surface area contributed by atoms with Gasteiger partial charge in [-0.25, -0.2) is 9.18 Å². The Morgan fingerprint density at radius 3 is 2.73 bits per heavy atom. The van der Waals surface area contributed by atoms with Gasteiger partial charge in [-0.05, 0) is 18.6 Å². The molecule has 0 saturated carbocycles. The Morgan fingerprint density at radius 2 is 2.20 bits per heavy atom. The average molecular weight is 212 g/mol. The molecule has 1 unspecified atom stereocenters. The molecule has 1 aromatic carbocycles. The first-order chi connectivity index (χ1) is 7.15. The lowest BCUT2D eigenvalue weighted by atomic mass is 10.2. The molecule has 1 atom stereocenters. The first-order valence-corrected chi connectivity index (χ1v) is 4.79. The number of carboxylic acids is 1. The van der Waals surface area contributed by atoms with E-state index in [9.17, 15) is 9.18 Å². The Labute approximate surface area is 87.5 Å². The lowest BCUT2D eigenvalue weighted by Crippen LogP contribution is -2.27. The van der Waals surface area contributed by atoms with Crippen LogP contribution >= 0.6 is 0 Å². The van der Waals surface area contributed by atoms with E-state index >= 15 is 0 Å². The quantitative estimate of drug-likeness (QED) is 0.815. The van der Waals surface area contributed by atoms with Crippen LogP contribution < -0.4 is 4.74 Å². The largest absolute Gasteiger partial charge is 0.479 e. The molecule has 0 heterocycles. The second-order valence-corrected chi connectivity index (χ2v) is 3.16. The summed E-state index contributed by atoms with van der Waals surface area (Å²) in [6.45, 7) is 1.85. The molecule has 0 bridgehead atoms. The molecule has 1 aromatic rings. The maximum absolute atomic E-state index is 13.1. The molecule has 1 N–H and O–H groups in total. The van der Waals surface area contributed by atoms with Crippen molar-refractivity contribution in [2.45, 2.75) is 25.9 Å². The summed E-state index contributed by atoms with van der Waals surface area (Å²) >= 11 is 0. The number of aliphatic carboxylic acids is 1. The number of halogens is 1. The summed E-state index contributed by atoms with van der Waals surface area (Å²) in [6.07, 6.45) is 0.0571. The van der Waals surface area contributed by atoms with Gasteiger partial charge in [-0.2, -0.15) is 0 Å². The second kappa shape index (κ2) is 5.34. The maximum atomic E-state index is 13.1. The van der Waals surface area contributed by atoms with E-state index in [1.54, 1.807) is 6.07 Å². The van der Waals surface area contributed by atoms with Crippen LogP contribution in [0.3, 0.4) is 0 Å². The van der Waals surface area contributed by atoms with Gasteiger partial charge in [0.2, 0.25) is 0 Å². The van der Waals surface area contributed by atoms with Crippen molar-refractivity contribution in [3.05, 3.63) is 30.1 Å². The molecule has 0 fully saturated rings. The van der Waals surface area contributed by atoms with Crippen molar-refractivity contribution in [2.75, 3.05) is 0 Å². The third-order valence-corrected chi connectivity index (χ3v) is 1.93. The molecule has 0 aliphatic rings. The zero-order valence-electron chi connectivity index (χ0n) is 8.44. The topological polar surface area (TPSA) is 46.5 Å². The summed E-state index contributed by atoms with van der Waals surface area (Å²) < 4.78 is 18.2. The molecule has 0 radical (unpaired) electrons. The minimum Gasteiger partial charge on any atom is -0.479 e. The summed E-state index contributed by atoms with van der Waals surface area (Å²) in [7, 11) is 0. The molecule has 0 spiro atoms. The number of hydrogen-bond donors (Lipinski definition) is 1. The van der Waals surface area contributed by atoms with Gasteiger partial charge in [0.05, 0.1) is 0 Å². The number of hydrogen-bond acceptors (Lipinski definition) is 2. The van der Waals surface area contributed by atoms with E-state index in [-0.39, 0.29) is 5.75 Å². The Bertz CT molecular complexity index is 338. The fourth-order valence-corrected chi connectivity index (χ4v) is 1.19. The molecule has 0 aliphatic carbocycles. The summed E-state index contributed by atoms with van der Waals surface area (Å²) in [5.74, 6) is -1.63. The highest BCUT2D eigenvalue weighted by molar-refractivity contribution is 5.72. The monoisotopic (exact) mass is 212 g/mol. The standard InChI is InChI=1S/C11H13FO3/c1-2-5-10(11(13)14)15-9-7-4-3-6-8(9)12/h3-4,6-7,10H,2,5H2,1H3,(H,13,14).